The first-order valence-corrected chi connectivity index (χ1v) is 14.4. The minimum atomic E-state index is -3.91. The predicted octanol–water partition coefficient (Wildman–Crippen LogP) is 4.95. The molecule has 35 heavy (non-hydrogen) atoms. The van der Waals surface area contributed by atoms with Crippen molar-refractivity contribution in [2.24, 2.45) is 0 Å². The van der Waals surface area contributed by atoms with Crippen molar-refractivity contribution in [2.75, 3.05) is 26.4 Å². The maximum absolute atomic E-state index is 13.4. The van der Waals surface area contributed by atoms with E-state index in [-0.39, 0.29) is 23.2 Å². The predicted molar refractivity (Wildman–Crippen MR) is 136 cm³/mol. The summed E-state index contributed by atoms with van der Waals surface area (Å²) in [5, 5.41) is 4.47. The van der Waals surface area contributed by atoms with E-state index in [1.165, 1.54) is 30.9 Å². The van der Waals surface area contributed by atoms with Gasteiger partial charge in [0.1, 0.15) is 0 Å². The fourth-order valence-corrected chi connectivity index (χ4v) is 5.89. The summed E-state index contributed by atoms with van der Waals surface area (Å²) in [6, 6.07) is 11.7. The molecule has 1 aliphatic rings. The zero-order valence-electron chi connectivity index (χ0n) is 19.6. The molecular formula is C24H27ClN4O4S2. The molecule has 8 nitrogen and oxygen atoms in total. The number of amides is 1. The minimum absolute atomic E-state index is 0.0468. The molecule has 2 aromatic carbocycles. The van der Waals surface area contributed by atoms with Crippen LogP contribution in [0, 0.1) is 0 Å². The molecule has 3 aromatic rings. The second kappa shape index (κ2) is 11.1. The topological polar surface area (TPSA) is 96.6 Å². The van der Waals surface area contributed by atoms with Gasteiger partial charge >= 0.3 is 0 Å². The van der Waals surface area contributed by atoms with Crippen LogP contribution in [-0.4, -0.2) is 60.1 Å². The molecule has 1 saturated heterocycles. The molecule has 0 aliphatic carbocycles. The highest BCUT2D eigenvalue weighted by molar-refractivity contribution is 7.98. The summed E-state index contributed by atoms with van der Waals surface area (Å²) in [5.41, 5.74) is 1.08. The minimum Gasteiger partial charge on any atom is -0.339 e. The molecule has 1 fully saturated rings. The van der Waals surface area contributed by atoms with E-state index in [0.717, 1.165) is 34.9 Å². The SMILES string of the molecule is CSc1ccc(S(=O)(=O)N(C)Cc2nc(-c3cccc(Cl)c3)no2)cc1C(=O)N1CCCCCC1. The Bertz CT molecular complexity index is 1300. The van der Waals surface area contributed by atoms with Gasteiger partial charge in [0.05, 0.1) is 17.0 Å². The zero-order chi connectivity index (χ0) is 25.0. The highest BCUT2D eigenvalue weighted by atomic mass is 35.5. The monoisotopic (exact) mass is 534 g/mol. The second-order valence-corrected chi connectivity index (χ2v) is 11.7. The third-order valence-corrected chi connectivity index (χ3v) is 8.74. The summed E-state index contributed by atoms with van der Waals surface area (Å²) in [7, 11) is -2.47. The molecule has 2 heterocycles. The number of thioether (sulfide) groups is 1. The molecule has 0 N–H and O–H groups in total. The van der Waals surface area contributed by atoms with Gasteiger partial charge in [-0.05, 0) is 49.4 Å². The van der Waals surface area contributed by atoms with E-state index in [1.54, 1.807) is 30.3 Å². The lowest BCUT2D eigenvalue weighted by Gasteiger charge is -2.22. The van der Waals surface area contributed by atoms with Gasteiger partial charge in [0.25, 0.3) is 5.91 Å². The average Bonchev–Trinajstić information content (AvgIpc) is 3.15. The van der Waals surface area contributed by atoms with Crippen molar-refractivity contribution in [3.8, 4) is 11.4 Å². The summed E-state index contributed by atoms with van der Waals surface area (Å²) in [6.07, 6.45) is 6.01. The van der Waals surface area contributed by atoms with Crippen molar-refractivity contribution < 1.29 is 17.7 Å². The summed E-state index contributed by atoms with van der Waals surface area (Å²) >= 11 is 7.45. The van der Waals surface area contributed by atoms with Gasteiger partial charge in [0.15, 0.2) is 0 Å². The van der Waals surface area contributed by atoms with Crippen molar-refractivity contribution in [1.29, 1.82) is 0 Å². The number of hydrogen-bond donors (Lipinski definition) is 0. The Morgan fingerprint density at radius 2 is 1.89 bits per heavy atom. The van der Waals surface area contributed by atoms with Crippen LogP contribution in [0.5, 0.6) is 0 Å². The van der Waals surface area contributed by atoms with Crippen molar-refractivity contribution in [2.45, 2.75) is 42.0 Å². The molecule has 1 amide bonds. The number of carbonyl (C=O) groups excluding carboxylic acids is 1. The van der Waals surface area contributed by atoms with E-state index in [2.05, 4.69) is 10.1 Å². The first-order valence-electron chi connectivity index (χ1n) is 11.3. The van der Waals surface area contributed by atoms with Crippen LogP contribution in [-0.2, 0) is 16.6 Å². The highest BCUT2D eigenvalue weighted by Crippen LogP contribution is 2.28. The first kappa shape index (κ1) is 25.7. The summed E-state index contributed by atoms with van der Waals surface area (Å²) in [6.45, 7) is 1.26. The van der Waals surface area contributed by atoms with E-state index in [4.69, 9.17) is 16.1 Å². The number of carbonyl (C=O) groups is 1. The Morgan fingerprint density at radius 3 is 2.57 bits per heavy atom. The van der Waals surface area contributed by atoms with Crippen molar-refractivity contribution >= 4 is 39.3 Å². The molecule has 1 aromatic heterocycles. The molecule has 0 bridgehead atoms. The van der Waals surface area contributed by atoms with Gasteiger partial charge in [-0.15, -0.1) is 11.8 Å². The average molecular weight is 535 g/mol. The van der Waals surface area contributed by atoms with Gasteiger partial charge < -0.3 is 9.42 Å². The smallest absolute Gasteiger partial charge is 0.255 e. The van der Waals surface area contributed by atoms with E-state index in [0.29, 0.717) is 35.1 Å². The molecular weight excluding hydrogens is 508 g/mol. The van der Waals surface area contributed by atoms with Crippen LogP contribution in [0.3, 0.4) is 0 Å². The van der Waals surface area contributed by atoms with Gasteiger partial charge in [-0.25, -0.2) is 8.42 Å². The van der Waals surface area contributed by atoms with E-state index in [1.807, 2.05) is 11.2 Å². The molecule has 11 heteroatoms. The van der Waals surface area contributed by atoms with Crippen LogP contribution < -0.4 is 0 Å². The van der Waals surface area contributed by atoms with Gasteiger partial charge in [-0.1, -0.05) is 41.7 Å². The molecule has 0 atom stereocenters. The normalized spacial score (nSPS) is 14.8. The van der Waals surface area contributed by atoms with E-state index in [9.17, 15) is 13.2 Å². The fourth-order valence-electron chi connectivity index (χ4n) is 3.98. The highest BCUT2D eigenvalue weighted by Gasteiger charge is 2.27. The fraction of sp³-hybridized carbons (Fsp3) is 0.375. The Hall–Kier alpha value is -2.40. The molecule has 4 rings (SSSR count). The Kier molecular flexibility index (Phi) is 8.16. The lowest BCUT2D eigenvalue weighted by molar-refractivity contribution is 0.0758. The Labute approximate surface area is 214 Å². The third-order valence-electron chi connectivity index (χ3n) is 5.91. The van der Waals surface area contributed by atoms with Crippen LogP contribution in [0.4, 0.5) is 0 Å². The number of benzene rings is 2. The number of nitrogens with zero attached hydrogens (tertiary/aromatic N) is 4. The van der Waals surface area contributed by atoms with Crippen LogP contribution in [0.25, 0.3) is 11.4 Å². The molecule has 0 spiro atoms. The second-order valence-electron chi connectivity index (χ2n) is 8.35. The van der Waals surface area contributed by atoms with E-state index < -0.39 is 10.0 Å². The largest absolute Gasteiger partial charge is 0.339 e. The zero-order valence-corrected chi connectivity index (χ0v) is 22.0. The summed E-state index contributed by atoms with van der Waals surface area (Å²) < 4.78 is 33.1. The Balaban J connectivity index is 1.56. The van der Waals surface area contributed by atoms with Crippen LogP contribution in [0.15, 0.2) is 56.8 Å². The maximum atomic E-state index is 13.4. The molecule has 0 saturated carbocycles. The van der Waals surface area contributed by atoms with Crippen LogP contribution in [0.2, 0.25) is 5.02 Å². The van der Waals surface area contributed by atoms with Crippen LogP contribution in [0.1, 0.15) is 41.9 Å². The number of rotatable bonds is 7. The molecule has 0 radical (unpaired) electrons. The van der Waals surface area contributed by atoms with Crippen molar-refractivity contribution in [1.82, 2.24) is 19.3 Å². The number of halogens is 1. The lowest BCUT2D eigenvalue weighted by Crippen LogP contribution is -2.32. The summed E-state index contributed by atoms with van der Waals surface area (Å²) in [5.74, 6) is 0.342. The van der Waals surface area contributed by atoms with Gasteiger partial charge in [-0.3, -0.25) is 4.79 Å². The first-order chi connectivity index (χ1) is 16.8. The maximum Gasteiger partial charge on any atom is 0.255 e. The lowest BCUT2D eigenvalue weighted by atomic mass is 10.2. The number of hydrogen-bond acceptors (Lipinski definition) is 7. The van der Waals surface area contributed by atoms with Gasteiger partial charge in [0, 0.05) is 35.6 Å². The standard InChI is InChI=1S/C24H27ClN4O4S2/c1-28(16-22-26-23(27-33-22)17-8-7-9-18(25)14-17)35(31,32)19-10-11-21(34-2)20(15-19)24(30)29-12-5-3-4-6-13-29/h7-11,14-15H,3-6,12-13,16H2,1-2H3. The number of likely N-dealkylation sites (tertiary alicyclic amines) is 1. The quantitative estimate of drug-likeness (QED) is 0.396. The number of sulfonamides is 1. The van der Waals surface area contributed by atoms with Crippen molar-refractivity contribution in [3.63, 3.8) is 0 Å². The van der Waals surface area contributed by atoms with Crippen LogP contribution >= 0.6 is 23.4 Å². The Morgan fingerprint density at radius 1 is 1.14 bits per heavy atom. The molecule has 1 aliphatic heterocycles. The number of aromatic nitrogens is 2. The third kappa shape index (κ3) is 5.88. The molecule has 186 valence electrons. The van der Waals surface area contributed by atoms with E-state index >= 15 is 0 Å². The van der Waals surface area contributed by atoms with Gasteiger partial charge in [0.2, 0.25) is 21.7 Å². The summed E-state index contributed by atoms with van der Waals surface area (Å²) in [4.78, 5) is 20.2. The van der Waals surface area contributed by atoms with Crippen molar-refractivity contribution in [3.05, 3.63) is 58.9 Å². The van der Waals surface area contributed by atoms with Gasteiger partial charge in [-0.2, -0.15) is 9.29 Å². The molecule has 0 unspecified atom stereocenters.